The Morgan fingerprint density at radius 1 is 1.12 bits per heavy atom. The van der Waals surface area contributed by atoms with Gasteiger partial charge in [0.1, 0.15) is 11.6 Å². The highest BCUT2D eigenvalue weighted by Gasteiger charge is 2.30. The van der Waals surface area contributed by atoms with E-state index in [0.717, 1.165) is 12.8 Å². The fourth-order valence-corrected chi connectivity index (χ4v) is 2.91. The summed E-state index contributed by atoms with van der Waals surface area (Å²) in [5.74, 6) is -1.36. The molecule has 3 rings (SSSR count). The third-order valence-electron chi connectivity index (χ3n) is 4.02. The Hall–Kier alpha value is -2.76. The third-order valence-corrected chi connectivity index (χ3v) is 4.02. The van der Waals surface area contributed by atoms with Crippen LogP contribution in [0, 0.1) is 5.82 Å². The zero-order chi connectivity index (χ0) is 17.3. The van der Waals surface area contributed by atoms with Crippen LogP contribution in [0.4, 0.5) is 4.39 Å². The van der Waals surface area contributed by atoms with Crippen LogP contribution in [-0.4, -0.2) is 11.8 Å². The number of halogens is 1. The highest BCUT2D eigenvalue weighted by molar-refractivity contribution is 6.10. The fourth-order valence-electron chi connectivity index (χ4n) is 2.91. The quantitative estimate of drug-likeness (QED) is 0.875. The first-order chi connectivity index (χ1) is 11.5. The largest absolute Gasteiger partial charge is 0.426 e. The zero-order valence-electron chi connectivity index (χ0n) is 13.1. The van der Waals surface area contributed by atoms with E-state index in [1.165, 1.54) is 24.3 Å². The maximum Gasteiger partial charge on any atom is 0.344 e. The summed E-state index contributed by atoms with van der Waals surface area (Å²) in [6.07, 6.45) is 2.00. The first-order valence-corrected chi connectivity index (χ1v) is 7.80. The van der Waals surface area contributed by atoms with E-state index in [1.54, 1.807) is 0 Å². The lowest BCUT2D eigenvalue weighted by Gasteiger charge is -2.19. The average Bonchev–Trinajstić information content (AvgIpc) is 2.53. The lowest BCUT2D eigenvalue weighted by Crippen LogP contribution is -2.39. The second-order valence-electron chi connectivity index (χ2n) is 5.71. The maximum absolute atomic E-state index is 13.2. The molecule has 0 unspecified atom stereocenters. The molecule has 0 atom stereocenters. The van der Waals surface area contributed by atoms with E-state index in [1.807, 2.05) is 6.92 Å². The van der Waals surface area contributed by atoms with Crippen LogP contribution in [0.3, 0.4) is 0 Å². The molecule has 1 aliphatic rings. The normalized spacial score (nSPS) is 13.6. The number of amides is 2. The monoisotopic (exact) mass is 329 g/mol. The minimum absolute atomic E-state index is 0.103. The van der Waals surface area contributed by atoms with Gasteiger partial charge in [0.05, 0.1) is 17.5 Å². The van der Waals surface area contributed by atoms with Crippen LogP contribution < -0.4 is 10.9 Å². The number of carbonyl (C=O) groups excluding carboxylic acids is 2. The molecule has 0 spiro atoms. The lowest BCUT2D eigenvalue weighted by atomic mass is 9.91. The van der Waals surface area contributed by atoms with Crippen LogP contribution >= 0.6 is 0 Å². The maximum atomic E-state index is 13.2. The Morgan fingerprint density at radius 3 is 2.50 bits per heavy atom. The van der Waals surface area contributed by atoms with E-state index < -0.39 is 23.3 Å². The Bertz CT molecular complexity index is 868. The molecule has 0 saturated carbocycles. The van der Waals surface area contributed by atoms with E-state index in [0.29, 0.717) is 17.5 Å². The van der Waals surface area contributed by atoms with Crippen LogP contribution in [-0.2, 0) is 17.6 Å². The van der Waals surface area contributed by atoms with Gasteiger partial charge in [-0.1, -0.05) is 25.5 Å². The molecule has 0 radical (unpaired) electrons. The van der Waals surface area contributed by atoms with Gasteiger partial charge in [0.2, 0.25) is 5.91 Å². The van der Waals surface area contributed by atoms with Gasteiger partial charge in [-0.2, -0.15) is 0 Å². The van der Waals surface area contributed by atoms with E-state index in [2.05, 4.69) is 5.32 Å². The number of nitrogens with one attached hydrogen (secondary N) is 1. The van der Waals surface area contributed by atoms with E-state index in [-0.39, 0.29) is 23.3 Å². The van der Waals surface area contributed by atoms with Gasteiger partial charge < -0.3 is 4.42 Å². The molecule has 0 bridgehead atoms. The molecule has 24 heavy (non-hydrogen) atoms. The van der Waals surface area contributed by atoms with Crippen molar-refractivity contribution in [1.29, 1.82) is 0 Å². The molecule has 5 nitrogen and oxygen atoms in total. The van der Waals surface area contributed by atoms with Crippen molar-refractivity contribution in [3.8, 4) is 11.1 Å². The standard InChI is InChI=1S/C18H16FNO4/c1-2-3-4-12-15(10-5-7-11(19)8-6-10)18(23)24-13-9-14(21)20-17(22)16(12)13/h5-8H,2-4,9H2,1H3,(H,20,21,22). The number of fused-ring (bicyclic) bond motifs is 1. The van der Waals surface area contributed by atoms with Crippen molar-refractivity contribution in [2.45, 2.75) is 32.6 Å². The molecule has 1 aromatic heterocycles. The van der Waals surface area contributed by atoms with Crippen LogP contribution in [0.1, 0.15) is 41.4 Å². The van der Waals surface area contributed by atoms with Crippen LogP contribution in [0.25, 0.3) is 11.1 Å². The van der Waals surface area contributed by atoms with Gasteiger partial charge in [-0.15, -0.1) is 0 Å². The molecule has 124 valence electrons. The second kappa shape index (κ2) is 6.39. The van der Waals surface area contributed by atoms with Crippen molar-refractivity contribution in [2.75, 3.05) is 0 Å². The molecule has 0 saturated heterocycles. The molecule has 6 heteroatoms. The van der Waals surface area contributed by atoms with Crippen LogP contribution in [0.2, 0.25) is 0 Å². The molecule has 1 aliphatic heterocycles. The van der Waals surface area contributed by atoms with Gasteiger partial charge in [0.15, 0.2) is 0 Å². The first-order valence-electron chi connectivity index (χ1n) is 7.80. The highest BCUT2D eigenvalue weighted by Crippen LogP contribution is 2.29. The number of benzene rings is 1. The van der Waals surface area contributed by atoms with Crippen LogP contribution in [0.15, 0.2) is 33.5 Å². The van der Waals surface area contributed by atoms with Gasteiger partial charge in [0, 0.05) is 0 Å². The Balaban J connectivity index is 2.26. The summed E-state index contributed by atoms with van der Waals surface area (Å²) in [6, 6.07) is 5.47. The smallest absolute Gasteiger partial charge is 0.344 e. The zero-order valence-corrected chi connectivity index (χ0v) is 13.1. The number of rotatable bonds is 4. The predicted octanol–water partition coefficient (Wildman–Crippen LogP) is 2.60. The summed E-state index contributed by atoms with van der Waals surface area (Å²) >= 11 is 0. The predicted molar refractivity (Wildman–Crippen MR) is 85.2 cm³/mol. The molecule has 0 fully saturated rings. The Labute approximate surface area is 137 Å². The number of imide groups is 1. The first kappa shape index (κ1) is 16.1. The van der Waals surface area contributed by atoms with Crippen molar-refractivity contribution >= 4 is 11.8 Å². The molecule has 1 N–H and O–H groups in total. The van der Waals surface area contributed by atoms with Crippen molar-refractivity contribution in [2.24, 2.45) is 0 Å². The highest BCUT2D eigenvalue weighted by atomic mass is 19.1. The Kier molecular flexibility index (Phi) is 4.29. The van der Waals surface area contributed by atoms with E-state index >= 15 is 0 Å². The fraction of sp³-hybridized carbons (Fsp3) is 0.278. The number of hydrogen-bond acceptors (Lipinski definition) is 4. The van der Waals surface area contributed by atoms with Crippen molar-refractivity contribution in [1.82, 2.24) is 5.32 Å². The minimum atomic E-state index is -0.617. The van der Waals surface area contributed by atoms with E-state index in [4.69, 9.17) is 4.42 Å². The van der Waals surface area contributed by atoms with Gasteiger partial charge in [0.25, 0.3) is 5.91 Å². The van der Waals surface area contributed by atoms with E-state index in [9.17, 15) is 18.8 Å². The second-order valence-corrected chi connectivity index (χ2v) is 5.71. The van der Waals surface area contributed by atoms with Crippen molar-refractivity contribution in [3.63, 3.8) is 0 Å². The topological polar surface area (TPSA) is 76.4 Å². The summed E-state index contributed by atoms with van der Waals surface area (Å²) in [5, 5.41) is 2.26. The van der Waals surface area contributed by atoms with Gasteiger partial charge in [-0.3, -0.25) is 14.9 Å². The van der Waals surface area contributed by atoms with Crippen molar-refractivity contribution in [3.05, 3.63) is 57.4 Å². The summed E-state index contributed by atoms with van der Waals surface area (Å²) < 4.78 is 18.4. The molecular weight excluding hydrogens is 313 g/mol. The summed E-state index contributed by atoms with van der Waals surface area (Å²) in [5.41, 5.74) is 0.936. The molecule has 2 aromatic rings. The molecular formula is C18H16FNO4. The minimum Gasteiger partial charge on any atom is -0.426 e. The average molecular weight is 329 g/mol. The summed E-state index contributed by atoms with van der Waals surface area (Å²) in [6.45, 7) is 2.00. The van der Waals surface area contributed by atoms with Gasteiger partial charge in [-0.05, 0) is 36.1 Å². The van der Waals surface area contributed by atoms with Crippen molar-refractivity contribution < 1.29 is 18.4 Å². The molecule has 1 aromatic carbocycles. The number of hydrogen-bond donors (Lipinski definition) is 1. The third kappa shape index (κ3) is 2.87. The van der Waals surface area contributed by atoms with Crippen LogP contribution in [0.5, 0.6) is 0 Å². The molecule has 2 heterocycles. The summed E-state index contributed by atoms with van der Waals surface area (Å²) in [7, 11) is 0. The molecule has 2 amide bonds. The Morgan fingerprint density at radius 2 is 1.83 bits per heavy atom. The number of carbonyl (C=O) groups is 2. The number of unbranched alkanes of at least 4 members (excludes halogenated alkanes) is 1. The molecule has 0 aliphatic carbocycles. The lowest BCUT2D eigenvalue weighted by molar-refractivity contribution is -0.120. The summed E-state index contributed by atoms with van der Waals surface area (Å²) in [4.78, 5) is 36.3. The SMILES string of the molecule is CCCCc1c2c(oc(=O)c1-c1ccc(F)cc1)CC(=O)NC2=O. The van der Waals surface area contributed by atoms with Gasteiger partial charge >= 0.3 is 5.63 Å². The van der Waals surface area contributed by atoms with Gasteiger partial charge in [-0.25, -0.2) is 9.18 Å².